The minimum Gasteiger partial charge on any atom is -0.491 e. The van der Waals surface area contributed by atoms with Gasteiger partial charge in [0.05, 0.1) is 65.6 Å². The van der Waals surface area contributed by atoms with Crippen molar-refractivity contribution in [3.8, 4) is 11.8 Å². The fraction of sp³-hybridized carbons (Fsp3) is 0.548. The third-order valence-corrected chi connectivity index (χ3v) is 28.9. The number of carbonyl (C=O) groups excluding carboxylic acids is 2. The maximum absolute atomic E-state index is 15.3. The number of nitriles is 1. The number of thioether (sulfide) groups is 1. The molecule has 5 aromatic heterocycles. The minimum atomic E-state index is -1.18. The zero-order valence-electron chi connectivity index (χ0n) is 66.4. The summed E-state index contributed by atoms with van der Waals surface area (Å²) in [5.74, 6) is -3.68. The maximum Gasteiger partial charge on any atom is 0.528 e. The van der Waals surface area contributed by atoms with Gasteiger partial charge in [0, 0.05) is 78.2 Å². The maximum atomic E-state index is 15.3. The number of benzene rings is 3. The molecule has 5 atom stereocenters. The zero-order valence-corrected chi connectivity index (χ0v) is 69.6. The Morgan fingerprint density at radius 1 is 0.527 bits per heavy atom. The Bertz CT molecular complexity index is 4930. The van der Waals surface area contributed by atoms with Crippen LogP contribution in [0.1, 0.15) is 315 Å². The average Bonchev–Trinajstić information content (AvgIpc) is 1.51. The summed E-state index contributed by atoms with van der Waals surface area (Å²) in [5, 5.41) is 12.5. The number of thiophene rings is 3. The van der Waals surface area contributed by atoms with Crippen LogP contribution in [0, 0.1) is 78.0 Å². The van der Waals surface area contributed by atoms with Gasteiger partial charge in [0.2, 0.25) is 0 Å². The summed E-state index contributed by atoms with van der Waals surface area (Å²) in [6.45, 7) is 44.7. The highest BCUT2D eigenvalue weighted by Gasteiger charge is 2.42. The first-order valence-electron chi connectivity index (χ1n) is 41.9. The summed E-state index contributed by atoms with van der Waals surface area (Å²) in [7, 11) is 0. The van der Waals surface area contributed by atoms with Crippen LogP contribution in [0.15, 0.2) is 64.0 Å². The second-order valence-electron chi connectivity index (χ2n) is 31.5. The Hall–Kier alpha value is -7.25. The van der Waals surface area contributed by atoms with Crippen LogP contribution in [0.5, 0.6) is 5.75 Å². The predicted octanol–water partition coefficient (Wildman–Crippen LogP) is 30.0. The number of hydrogen-bond donors (Lipinski definition) is 0. The molecule has 584 valence electrons. The zero-order chi connectivity index (χ0) is 78.1. The first-order valence-corrected chi connectivity index (χ1v) is 45.3. The number of halogens is 4. The van der Waals surface area contributed by atoms with Gasteiger partial charge >= 0.3 is 5.82 Å². The first kappa shape index (κ1) is 83.7. The lowest BCUT2D eigenvalue weighted by atomic mass is 9.90. The van der Waals surface area contributed by atoms with Crippen molar-refractivity contribution in [2.24, 2.45) is 23.7 Å². The molecule has 5 unspecified atom stereocenters. The van der Waals surface area contributed by atoms with Gasteiger partial charge in [-0.2, -0.15) is 9.69 Å². The van der Waals surface area contributed by atoms with Gasteiger partial charge in [0.1, 0.15) is 18.9 Å². The van der Waals surface area contributed by atoms with Gasteiger partial charge in [-0.15, -0.1) is 45.8 Å². The molecule has 2 aliphatic carbocycles. The van der Waals surface area contributed by atoms with E-state index in [4.69, 9.17) is 24.5 Å². The molecule has 6 heterocycles. The van der Waals surface area contributed by atoms with Gasteiger partial charge in [-0.05, 0) is 122 Å². The SMILES string of the molecule is [C-]#[N+]C([N+]#[C-])=C1/C(=C/C2Cc3c(c4sc5c(CCC(CC)CCCC)c6c(sc7c8sc(/C=C9\C(=O)c%10cc(F)c(F)cc%10\C9=C(\C#N)[N+]#[C-])cc8n(CC(CCCCCC)CCCCCCCC)c76)c(OCC(CC)CCCC)c5c4n3CC(CCCCCC)CCCCCCCC)S2)C(=O)c2cc(F)c(F)cc21. The lowest BCUT2D eigenvalue weighted by Crippen LogP contribution is -2.15. The Kier molecular flexibility index (Phi) is 30.4. The number of hydrogen-bond acceptors (Lipinski definition) is 8. The smallest absolute Gasteiger partial charge is 0.491 e. The number of nitrogens with zero attached hydrogens (tertiary/aromatic N) is 6. The van der Waals surface area contributed by atoms with Crippen LogP contribution in [-0.4, -0.2) is 32.6 Å². The third-order valence-electron chi connectivity index (χ3n) is 23.8. The van der Waals surface area contributed by atoms with Crippen LogP contribution >= 0.6 is 45.8 Å². The Morgan fingerprint density at radius 3 is 1.55 bits per heavy atom. The van der Waals surface area contributed by atoms with Crippen molar-refractivity contribution in [2.75, 3.05) is 6.61 Å². The quantitative estimate of drug-likeness (QED) is 0.0125. The van der Waals surface area contributed by atoms with Gasteiger partial charge < -0.3 is 13.9 Å². The number of ketones is 2. The second kappa shape index (κ2) is 40.0. The van der Waals surface area contributed by atoms with Crippen molar-refractivity contribution in [3.05, 3.63) is 155 Å². The van der Waals surface area contributed by atoms with Crippen LogP contribution in [0.3, 0.4) is 0 Å². The Morgan fingerprint density at radius 2 is 1.01 bits per heavy atom. The van der Waals surface area contributed by atoms with Crippen molar-refractivity contribution in [3.63, 3.8) is 0 Å². The highest BCUT2D eigenvalue weighted by Crippen LogP contribution is 2.59. The fourth-order valence-corrected chi connectivity index (χ4v) is 23.0. The molecule has 17 heteroatoms. The van der Waals surface area contributed by atoms with Crippen molar-refractivity contribution in [2.45, 2.75) is 303 Å². The second-order valence-corrected chi connectivity index (χ2v) is 35.9. The average molecular weight is 1570 g/mol. The summed E-state index contributed by atoms with van der Waals surface area (Å²) in [6.07, 6.45) is 42.6. The van der Waals surface area contributed by atoms with Gasteiger partial charge in [-0.1, -0.05) is 235 Å². The number of carbonyl (C=O) groups is 2. The van der Waals surface area contributed by atoms with E-state index in [2.05, 4.69) is 85.1 Å². The summed E-state index contributed by atoms with van der Waals surface area (Å²) in [4.78, 5) is 42.0. The minimum absolute atomic E-state index is 0.0161. The number of fused-ring (bicyclic) bond motifs is 12. The molecule has 110 heavy (non-hydrogen) atoms. The van der Waals surface area contributed by atoms with Crippen molar-refractivity contribution in [1.29, 1.82) is 5.26 Å². The molecule has 0 fully saturated rings. The van der Waals surface area contributed by atoms with Crippen LogP contribution in [0.4, 0.5) is 17.6 Å². The normalized spacial score (nSPS) is 16.4. The Labute approximate surface area is 667 Å². The third kappa shape index (κ3) is 18.2. The Balaban J connectivity index is 1.22. The monoisotopic (exact) mass is 1560 g/mol. The molecule has 1 aliphatic heterocycles. The van der Waals surface area contributed by atoms with E-state index in [1.165, 1.54) is 121 Å². The molecule has 0 bridgehead atoms. The summed E-state index contributed by atoms with van der Waals surface area (Å²) < 4.78 is 79.8. The van der Waals surface area contributed by atoms with Crippen LogP contribution in [-0.2, 0) is 25.9 Å². The molecule has 0 saturated carbocycles. The number of ether oxygens (including phenoxy) is 1. The molecule has 0 amide bonds. The van der Waals surface area contributed by atoms with Gasteiger partial charge in [-0.3, -0.25) is 9.59 Å². The molecule has 11 rings (SSSR count). The lowest BCUT2D eigenvalue weighted by Gasteiger charge is -2.22. The standard InChI is InChI=1S/C93H112F4N6O3S4/c1-12-20-26-30-32-36-42-60(40-34-28-22-14-3)55-102-76-48-62(46-69-78(75(54-98)99-9)65-50-71(94)73(96)52-67(65)84(69)104)107-88(76)91-82(102)80-64(45-44-58(18-7)38-24-16-5)87-81(86(90(80)110-91)106-57-59(19-8)39-25-17-6)83-92(109-87)89-77(103(83)56-61(41-35-29-23-15-4)43-37-33-31-27-21-13-2)49-63(108-89)47-70-79(93(100-10)101-11)66-51-72(95)74(97)53-68(66)85(70)105/h46-48,50-53,58-61,63H,12-45,49,55-57H2,1-8H3/b69-46-,70-47-,78-75+. The molecular formula is C93H112F4N6O3S4. The fourth-order valence-electron chi connectivity index (χ4n) is 17.6. The number of Topliss-reactive ketones (excluding diaryl/α,β-unsaturated/α-hetero) is 2. The molecule has 0 spiro atoms. The summed E-state index contributed by atoms with van der Waals surface area (Å²) >= 11 is 7.01. The molecular weight excluding hydrogens is 1450 g/mol. The summed E-state index contributed by atoms with van der Waals surface area (Å²) in [6, 6.07) is 7.87. The molecule has 3 aliphatic rings. The van der Waals surface area contributed by atoms with E-state index in [1.54, 1.807) is 29.2 Å². The molecule has 0 radical (unpaired) electrons. The topological polar surface area (TPSA) is 90.1 Å². The number of unbranched alkanes of at least 4 members (excludes halogenated alkanes) is 18. The molecule has 9 nitrogen and oxygen atoms in total. The number of allylic oxidation sites excluding steroid dienone is 5. The van der Waals surface area contributed by atoms with E-state index in [0.29, 0.717) is 36.7 Å². The van der Waals surface area contributed by atoms with E-state index in [1.807, 2.05) is 34.8 Å². The van der Waals surface area contributed by atoms with Crippen molar-refractivity contribution < 1.29 is 31.9 Å². The van der Waals surface area contributed by atoms with E-state index < -0.39 is 34.8 Å². The van der Waals surface area contributed by atoms with E-state index in [-0.39, 0.29) is 61.3 Å². The van der Waals surface area contributed by atoms with Crippen molar-refractivity contribution >= 4 is 125 Å². The van der Waals surface area contributed by atoms with Gasteiger partial charge in [0.15, 0.2) is 34.8 Å². The molecule has 0 N–H and O–H groups in total. The van der Waals surface area contributed by atoms with E-state index in [0.717, 1.165) is 213 Å². The lowest BCUT2D eigenvalue weighted by molar-refractivity contribution is 0.103. The van der Waals surface area contributed by atoms with E-state index in [9.17, 15) is 14.9 Å². The molecule has 0 saturated heterocycles. The molecule has 8 aromatic rings. The largest absolute Gasteiger partial charge is 0.528 e. The number of aromatic nitrogens is 2. The molecule has 3 aromatic carbocycles. The van der Waals surface area contributed by atoms with Crippen LogP contribution in [0.25, 0.3) is 82.6 Å². The van der Waals surface area contributed by atoms with E-state index >= 15 is 17.6 Å². The highest BCUT2D eigenvalue weighted by atomic mass is 32.2. The first-order chi connectivity index (χ1) is 53.6. The number of aryl methyl sites for hydroxylation is 1. The van der Waals surface area contributed by atoms with Crippen LogP contribution in [0.2, 0.25) is 0 Å². The van der Waals surface area contributed by atoms with Crippen LogP contribution < -0.4 is 4.74 Å². The number of rotatable bonds is 44. The van der Waals surface area contributed by atoms with Gasteiger partial charge in [0.25, 0.3) is 5.70 Å². The predicted molar refractivity (Wildman–Crippen MR) is 455 cm³/mol. The summed E-state index contributed by atoms with van der Waals surface area (Å²) in [5.41, 5.74) is 5.85. The van der Waals surface area contributed by atoms with Gasteiger partial charge in [-0.25, -0.2) is 27.7 Å². The highest BCUT2D eigenvalue weighted by molar-refractivity contribution is 8.00. The van der Waals surface area contributed by atoms with Crippen molar-refractivity contribution in [1.82, 2.24) is 9.13 Å².